The summed E-state index contributed by atoms with van der Waals surface area (Å²) in [5.41, 5.74) is 12.7. The van der Waals surface area contributed by atoms with Gasteiger partial charge >= 0.3 is 5.97 Å². The minimum Gasteiger partial charge on any atom is -0.508 e. The van der Waals surface area contributed by atoms with E-state index in [0.717, 1.165) is 0 Å². The van der Waals surface area contributed by atoms with Gasteiger partial charge in [-0.05, 0) is 142 Å². The number of aliphatic carboxylic acids is 1. The smallest absolute Gasteiger partial charge is 0.326 e. The van der Waals surface area contributed by atoms with Crippen LogP contribution in [-0.4, -0.2) is 303 Å². The number of nitrogens with one attached hydrogen (secondary N) is 17. The SMILES string of the molecule is CC[C@H](C)[C@H](NC(=O)C(CO)NC(=O)[C@@H]1CCCN1C(=O)[C@H](CC(C)C)NC(=O)[C@H](Cc1ccc(O)cc1)NC(=O)[C@H](C)NC(=O)[C@H](Cc1cnc[nH]1)NC(=O)[C@H](Cc1cnc[nH]1)NC(=O)[C@H](CC(C)C)NC(=O)[C@@H](NC(=O)[C@@H]1CCCN1C(=O)[C@H](CC(C)C)NC(=O)[C@H](CCC(N)=O)NC(=O)[C@H](CC(C)C)NC(=O)[C@@H](N)CO)[C@@H](C)CC)C(=O)NCC(=O)N[C@@H](Cc1ccc(O)cc1)C(=O)N[C@H](C(=O)O)C(C)C. The molecule has 0 saturated carbocycles. The van der Waals surface area contributed by atoms with Crippen LogP contribution in [0.25, 0.3) is 0 Å². The van der Waals surface area contributed by atoms with E-state index in [2.05, 4.69) is 99.7 Å². The quantitative estimate of drug-likeness (QED) is 0.0214. The van der Waals surface area contributed by atoms with Gasteiger partial charge in [-0.2, -0.15) is 0 Å². The molecule has 2 aromatic heterocycles. The summed E-state index contributed by atoms with van der Waals surface area (Å²) in [5, 5.41) is 89.5. The maximum Gasteiger partial charge on any atom is 0.326 e. The first-order chi connectivity index (χ1) is 68.0. The van der Waals surface area contributed by atoms with Crippen LogP contribution in [0, 0.1) is 41.4 Å². The molecule has 2 saturated heterocycles. The number of carbonyl (C=O) groups excluding carboxylic acids is 18. The Hall–Kier alpha value is -13.7. The molecular weight excluding hydrogens is 1870 g/mol. The van der Waals surface area contributed by atoms with Gasteiger partial charge in [0.2, 0.25) is 106 Å². The van der Waals surface area contributed by atoms with E-state index in [1.165, 1.54) is 90.3 Å². The van der Waals surface area contributed by atoms with Crippen molar-refractivity contribution in [3.05, 3.63) is 96.1 Å². The number of aromatic nitrogens is 4. The molecule has 2 fully saturated rings. The first kappa shape index (κ1) is 119. The number of aromatic hydroxyl groups is 2. The highest BCUT2D eigenvalue weighted by atomic mass is 16.4. The van der Waals surface area contributed by atoms with Crippen molar-refractivity contribution in [3.63, 3.8) is 0 Å². The van der Waals surface area contributed by atoms with E-state index in [1.54, 1.807) is 96.9 Å². The standard InChI is InChI=1S/C97H149N23O24/c1-16-54(13)79(93(139)102-44-77(126)106-67(38-57-22-26-61(123)27-23-57)89(135)116-78(53(11)12)97(143)144)117-90(136)73(46-122)115-91(137)74-20-18-32-119(74)96(142)72(37-52(9)10)114-87(133)68(39-58-24-28-62(124)29-25-58)108-81(127)56(15)105-84(130)69(40-59-42-100-47-103-59)110-88(134)70(41-60-43-101-48-104-60)111-86(132)66(35-50(5)6)112-94(140)80(55(14)17-2)118-92(138)75-21-19-33-120(75)95(141)71(36-51(7)8)113-83(129)64(30-31-76(99)125)107-85(131)65(34-49(3)4)109-82(128)63(98)45-121/h22-29,42-43,47-56,63-75,78-80,121-124H,16-21,30-41,44-46,98H2,1-15H3,(H2,99,125)(H,100,103)(H,101,104)(H,102,139)(H,105,130)(H,106,126)(H,107,131)(H,108,127)(H,109,128)(H,110,134)(H,111,132)(H,112,140)(H,113,129)(H,114,133)(H,115,137)(H,116,135)(H,117,136)(H,118,138)(H,143,144)/t54-,55-,56-,63-,64-,65-,66-,67-,68-,69-,70-,71-,72-,73?,74-,75-,78-,79-,80-/m0/s1. The number of nitrogens with two attached hydrogens (primary N) is 2. The minimum atomic E-state index is -1.73. The molecule has 1 unspecified atom stereocenters. The van der Waals surface area contributed by atoms with Gasteiger partial charge in [-0.3, -0.25) is 86.3 Å². The molecule has 0 radical (unpaired) electrons. The number of carbonyl (C=O) groups is 19. The monoisotopic (exact) mass is 2020 g/mol. The predicted octanol–water partition coefficient (Wildman–Crippen LogP) is -2.69. The number of rotatable bonds is 59. The fraction of sp³-hybridized carbons (Fsp3) is 0.619. The predicted molar refractivity (Wildman–Crippen MR) is 523 cm³/mol. The largest absolute Gasteiger partial charge is 0.508 e. The summed E-state index contributed by atoms with van der Waals surface area (Å²) >= 11 is 0. The number of carboxylic acid groups (broad SMARTS) is 1. The summed E-state index contributed by atoms with van der Waals surface area (Å²) in [4.78, 5) is 285. The van der Waals surface area contributed by atoms with Crippen LogP contribution in [0.4, 0.5) is 0 Å². The Kier molecular flexibility index (Phi) is 48.0. The molecule has 18 amide bonds. The number of H-pyrrole nitrogens is 2. The summed E-state index contributed by atoms with van der Waals surface area (Å²) < 4.78 is 0. The van der Waals surface area contributed by atoms with Gasteiger partial charge in [-0.1, -0.05) is 134 Å². The van der Waals surface area contributed by atoms with Gasteiger partial charge in [0.1, 0.15) is 114 Å². The van der Waals surface area contributed by atoms with E-state index >= 15 is 9.59 Å². The van der Waals surface area contributed by atoms with Crippen LogP contribution in [0.1, 0.15) is 203 Å². The number of likely N-dealkylation sites (tertiary alicyclic amines) is 2. The van der Waals surface area contributed by atoms with Gasteiger partial charge in [-0.15, -0.1) is 0 Å². The highest BCUT2D eigenvalue weighted by Gasteiger charge is 2.45. The lowest BCUT2D eigenvalue weighted by atomic mass is 9.96. The second-order valence-corrected chi connectivity index (χ2v) is 39.1. The Morgan fingerprint density at radius 3 is 1.17 bits per heavy atom. The number of aliphatic hydroxyl groups is 2. The maximum absolute atomic E-state index is 15.1. The molecule has 796 valence electrons. The molecule has 4 heterocycles. The van der Waals surface area contributed by atoms with Crippen LogP contribution in [-0.2, 0) is 117 Å². The third kappa shape index (κ3) is 37.9. The number of aliphatic hydroxyl groups excluding tert-OH is 2. The minimum absolute atomic E-state index is 0.0271. The highest BCUT2D eigenvalue weighted by molar-refractivity contribution is 6.02. The number of amides is 18. The van der Waals surface area contributed by atoms with Crippen molar-refractivity contribution in [2.24, 2.45) is 52.9 Å². The van der Waals surface area contributed by atoms with E-state index in [-0.39, 0.29) is 138 Å². The summed E-state index contributed by atoms with van der Waals surface area (Å²) in [7, 11) is 0. The molecule has 0 aliphatic carbocycles. The number of nitrogens with zero attached hydrogens (tertiary/aromatic N) is 4. The van der Waals surface area contributed by atoms with E-state index in [0.29, 0.717) is 35.4 Å². The Morgan fingerprint density at radius 1 is 0.403 bits per heavy atom. The molecule has 2 aromatic carbocycles. The number of hydrogen-bond donors (Lipinski definition) is 24. The van der Waals surface area contributed by atoms with Gasteiger partial charge in [0.15, 0.2) is 0 Å². The number of phenols is 2. The van der Waals surface area contributed by atoms with Gasteiger partial charge in [-0.25, -0.2) is 14.8 Å². The van der Waals surface area contributed by atoms with E-state index < -0.39 is 253 Å². The van der Waals surface area contributed by atoms with Gasteiger partial charge < -0.3 is 137 Å². The zero-order valence-corrected chi connectivity index (χ0v) is 84.6. The third-order valence-corrected chi connectivity index (χ3v) is 24.9. The normalized spacial score (nSPS) is 17.1. The average molecular weight is 2020 g/mol. The van der Waals surface area contributed by atoms with Crippen LogP contribution in [0.2, 0.25) is 0 Å². The molecule has 2 aliphatic heterocycles. The Labute approximate surface area is 837 Å². The number of primary amides is 1. The lowest BCUT2D eigenvalue weighted by molar-refractivity contribution is -0.143. The van der Waals surface area contributed by atoms with Crippen LogP contribution < -0.4 is 91.2 Å². The number of imidazole rings is 2. The summed E-state index contributed by atoms with van der Waals surface area (Å²) in [5.74, 6) is -20.0. The topological polar surface area (TPSA) is 722 Å². The van der Waals surface area contributed by atoms with Crippen molar-refractivity contribution in [2.45, 2.75) is 309 Å². The zero-order chi connectivity index (χ0) is 107. The van der Waals surface area contributed by atoms with Crippen LogP contribution >= 0.6 is 0 Å². The molecule has 0 bridgehead atoms. The first-order valence-electron chi connectivity index (χ1n) is 49.1. The van der Waals surface area contributed by atoms with Crippen molar-refractivity contribution in [3.8, 4) is 11.5 Å². The first-order valence-corrected chi connectivity index (χ1v) is 49.1. The summed E-state index contributed by atoms with van der Waals surface area (Å²) in [6, 6.07) is -12.7. The molecule has 0 spiro atoms. The van der Waals surface area contributed by atoms with Crippen molar-refractivity contribution in [2.75, 3.05) is 32.8 Å². The number of benzene rings is 2. The van der Waals surface area contributed by atoms with Crippen molar-refractivity contribution in [1.82, 2.24) is 109 Å². The highest BCUT2D eigenvalue weighted by Crippen LogP contribution is 2.26. The second kappa shape index (κ2) is 58.1. The fourth-order valence-electron chi connectivity index (χ4n) is 16.5. The molecule has 47 nitrogen and oxygen atoms in total. The lowest BCUT2D eigenvalue weighted by Gasteiger charge is -2.32. The molecule has 4 aromatic rings. The fourth-order valence-corrected chi connectivity index (χ4v) is 16.5. The summed E-state index contributed by atoms with van der Waals surface area (Å²) in [6.07, 6.45) is 5.01. The van der Waals surface area contributed by atoms with Crippen LogP contribution in [0.15, 0.2) is 73.6 Å². The third-order valence-electron chi connectivity index (χ3n) is 24.9. The average Bonchev–Trinajstić information content (AvgIpc) is 1.66. The van der Waals surface area contributed by atoms with Crippen molar-refractivity contribution >= 4 is 112 Å². The molecule has 26 N–H and O–H groups in total. The molecular formula is C97H149N23O24. The zero-order valence-electron chi connectivity index (χ0n) is 84.6. The number of hydrogen-bond acceptors (Lipinski definition) is 26. The van der Waals surface area contributed by atoms with Gasteiger partial charge in [0.05, 0.1) is 32.4 Å². The molecule has 47 heteroatoms. The van der Waals surface area contributed by atoms with Crippen LogP contribution in [0.5, 0.6) is 11.5 Å². The lowest BCUT2D eigenvalue weighted by Crippen LogP contribution is -2.62. The molecule has 2 aliphatic rings. The molecule has 144 heavy (non-hydrogen) atoms. The Balaban J connectivity index is 1.16. The van der Waals surface area contributed by atoms with E-state index in [1.807, 2.05) is 0 Å². The van der Waals surface area contributed by atoms with Crippen molar-refractivity contribution < 1.29 is 117 Å². The number of phenolic OH excluding ortho intramolecular Hbond substituents is 2. The molecule has 6 rings (SSSR count). The molecule has 19 atom stereocenters. The number of carboxylic acids is 1. The van der Waals surface area contributed by atoms with Crippen LogP contribution in [0.3, 0.4) is 0 Å². The Bertz CT molecular complexity index is 4980. The number of aromatic amines is 2. The summed E-state index contributed by atoms with van der Waals surface area (Å²) in [6.45, 7) is 22.9. The second-order valence-electron chi connectivity index (χ2n) is 39.1. The maximum atomic E-state index is 15.1. The van der Waals surface area contributed by atoms with Gasteiger partial charge in [0.25, 0.3) is 0 Å². The van der Waals surface area contributed by atoms with E-state index in [9.17, 15) is 107 Å². The Morgan fingerprint density at radius 2 is 0.764 bits per heavy atom. The van der Waals surface area contributed by atoms with E-state index in [4.69, 9.17) is 11.5 Å². The van der Waals surface area contributed by atoms with Gasteiger partial charge in [0, 0.05) is 69.0 Å². The van der Waals surface area contributed by atoms with Crippen molar-refractivity contribution in [1.29, 1.82) is 0 Å².